The number of aromatic nitrogens is 2. The molecule has 0 radical (unpaired) electrons. The second-order valence-electron chi connectivity index (χ2n) is 6.45. The lowest BCUT2D eigenvalue weighted by molar-refractivity contribution is -0.137. The third kappa shape index (κ3) is 2.96. The molecule has 8 heteroatoms. The fourth-order valence-corrected chi connectivity index (χ4v) is 3.26. The monoisotopic (exact) mass is 387 g/mol. The molecule has 0 saturated heterocycles. The molecule has 4 aromatic rings. The molecule has 0 bridgehead atoms. The predicted molar refractivity (Wildman–Crippen MR) is 101 cm³/mol. The summed E-state index contributed by atoms with van der Waals surface area (Å²) in [7, 11) is 3.16. The Balaban J connectivity index is 1.72. The van der Waals surface area contributed by atoms with Crippen molar-refractivity contribution in [2.45, 2.75) is 6.18 Å². The molecule has 5 nitrogen and oxygen atoms in total. The van der Waals surface area contributed by atoms with Gasteiger partial charge in [-0.05, 0) is 30.3 Å². The normalized spacial score (nSPS) is 11.9. The van der Waals surface area contributed by atoms with E-state index in [1.54, 1.807) is 32.5 Å². The molecule has 2 aromatic heterocycles. The van der Waals surface area contributed by atoms with Crippen molar-refractivity contribution in [1.29, 1.82) is 0 Å². The van der Waals surface area contributed by atoms with Gasteiger partial charge in [0.15, 0.2) is 0 Å². The molecule has 2 N–H and O–H groups in total. The summed E-state index contributed by atoms with van der Waals surface area (Å²) in [4.78, 5) is 15.9. The highest BCUT2D eigenvalue weighted by Gasteiger charge is 2.31. The van der Waals surface area contributed by atoms with Crippen molar-refractivity contribution < 1.29 is 22.7 Å². The SMILES string of the molecule is COc1ccc2[nH]cc(NC(=O)c3cn(C)c4cc(C(F)(F)F)ccc34)c2c1. The van der Waals surface area contributed by atoms with Gasteiger partial charge in [-0.3, -0.25) is 4.79 Å². The van der Waals surface area contributed by atoms with E-state index in [1.807, 2.05) is 6.07 Å². The molecular formula is C20H16F3N3O2. The zero-order chi connectivity index (χ0) is 20.1. The first-order chi connectivity index (χ1) is 13.3. The van der Waals surface area contributed by atoms with Crippen molar-refractivity contribution in [2.24, 2.45) is 7.05 Å². The Kier molecular flexibility index (Phi) is 4.06. The Morgan fingerprint density at radius 1 is 1.14 bits per heavy atom. The molecule has 28 heavy (non-hydrogen) atoms. The maximum absolute atomic E-state index is 13.0. The second kappa shape index (κ2) is 6.33. The van der Waals surface area contributed by atoms with E-state index < -0.39 is 17.6 Å². The van der Waals surface area contributed by atoms with Gasteiger partial charge in [0.1, 0.15) is 5.75 Å². The minimum absolute atomic E-state index is 0.295. The first-order valence-electron chi connectivity index (χ1n) is 8.40. The third-order valence-electron chi connectivity index (χ3n) is 4.70. The van der Waals surface area contributed by atoms with Gasteiger partial charge in [0, 0.05) is 41.2 Å². The molecule has 0 fully saturated rings. The van der Waals surface area contributed by atoms with Crippen LogP contribution in [0.25, 0.3) is 21.8 Å². The molecule has 1 amide bonds. The van der Waals surface area contributed by atoms with E-state index in [-0.39, 0.29) is 0 Å². The van der Waals surface area contributed by atoms with Crippen LogP contribution in [0.5, 0.6) is 5.75 Å². The van der Waals surface area contributed by atoms with E-state index in [2.05, 4.69) is 10.3 Å². The first-order valence-corrected chi connectivity index (χ1v) is 8.40. The largest absolute Gasteiger partial charge is 0.497 e. The van der Waals surface area contributed by atoms with Crippen molar-refractivity contribution in [3.8, 4) is 5.75 Å². The van der Waals surface area contributed by atoms with Gasteiger partial charge in [-0.1, -0.05) is 6.07 Å². The zero-order valence-electron chi connectivity index (χ0n) is 15.0. The zero-order valence-corrected chi connectivity index (χ0v) is 15.0. The molecule has 0 spiro atoms. The molecule has 0 aliphatic heterocycles. The lowest BCUT2D eigenvalue weighted by atomic mass is 10.1. The number of benzene rings is 2. The predicted octanol–water partition coefficient (Wildman–Crippen LogP) is 4.94. The van der Waals surface area contributed by atoms with Crippen LogP contribution >= 0.6 is 0 Å². The van der Waals surface area contributed by atoms with Crippen molar-refractivity contribution in [2.75, 3.05) is 12.4 Å². The number of nitrogens with zero attached hydrogens (tertiary/aromatic N) is 1. The average molecular weight is 387 g/mol. The summed E-state index contributed by atoms with van der Waals surface area (Å²) in [5, 5.41) is 4.04. The van der Waals surface area contributed by atoms with Gasteiger partial charge in [-0.15, -0.1) is 0 Å². The van der Waals surface area contributed by atoms with Crippen molar-refractivity contribution in [1.82, 2.24) is 9.55 Å². The average Bonchev–Trinajstić information content (AvgIpc) is 3.21. The van der Waals surface area contributed by atoms with E-state index in [1.165, 1.54) is 16.8 Å². The van der Waals surface area contributed by atoms with Gasteiger partial charge < -0.3 is 19.6 Å². The number of fused-ring (bicyclic) bond motifs is 2. The number of carbonyl (C=O) groups excluding carboxylic acids is 1. The number of rotatable bonds is 3. The molecule has 4 rings (SSSR count). The van der Waals surface area contributed by atoms with Gasteiger partial charge in [0.05, 0.1) is 23.9 Å². The molecule has 2 heterocycles. The van der Waals surface area contributed by atoms with E-state index in [4.69, 9.17) is 4.74 Å². The number of anilines is 1. The molecule has 0 aliphatic carbocycles. The highest BCUT2D eigenvalue weighted by Crippen LogP contribution is 2.33. The molecule has 0 unspecified atom stereocenters. The molecule has 144 valence electrons. The van der Waals surface area contributed by atoms with Crippen LogP contribution in [-0.2, 0) is 13.2 Å². The molecule has 0 atom stereocenters. The highest BCUT2D eigenvalue weighted by atomic mass is 19.4. The summed E-state index contributed by atoms with van der Waals surface area (Å²) >= 11 is 0. The Labute approximate surface area is 157 Å². The third-order valence-corrected chi connectivity index (χ3v) is 4.70. The number of hydrogen-bond acceptors (Lipinski definition) is 2. The number of alkyl halides is 3. The van der Waals surface area contributed by atoms with E-state index >= 15 is 0 Å². The Bertz CT molecular complexity index is 1200. The van der Waals surface area contributed by atoms with Crippen LogP contribution in [0.3, 0.4) is 0 Å². The van der Waals surface area contributed by atoms with Crippen LogP contribution in [-0.4, -0.2) is 22.6 Å². The number of amides is 1. The number of hydrogen-bond donors (Lipinski definition) is 2. The maximum atomic E-state index is 13.0. The topological polar surface area (TPSA) is 59.0 Å². The van der Waals surface area contributed by atoms with Crippen LogP contribution in [0.4, 0.5) is 18.9 Å². The summed E-state index contributed by atoms with van der Waals surface area (Å²) in [6.07, 6.45) is -1.26. The van der Waals surface area contributed by atoms with Crippen LogP contribution in [0, 0.1) is 0 Å². The van der Waals surface area contributed by atoms with E-state index in [9.17, 15) is 18.0 Å². The number of methoxy groups -OCH3 is 1. The molecule has 0 saturated carbocycles. The fourth-order valence-electron chi connectivity index (χ4n) is 3.26. The Morgan fingerprint density at radius 2 is 1.93 bits per heavy atom. The number of carbonyl (C=O) groups is 1. The Hall–Kier alpha value is -3.42. The quantitative estimate of drug-likeness (QED) is 0.523. The summed E-state index contributed by atoms with van der Waals surface area (Å²) in [5.41, 5.74) is 1.26. The highest BCUT2D eigenvalue weighted by molar-refractivity contribution is 6.15. The number of aryl methyl sites for hydroxylation is 1. The number of ether oxygens (including phenoxy) is 1. The van der Waals surface area contributed by atoms with Gasteiger partial charge in [-0.25, -0.2) is 0 Å². The van der Waals surface area contributed by atoms with Gasteiger partial charge in [-0.2, -0.15) is 13.2 Å². The minimum atomic E-state index is -4.44. The fraction of sp³-hybridized carbons (Fsp3) is 0.150. The Morgan fingerprint density at radius 3 is 2.64 bits per heavy atom. The van der Waals surface area contributed by atoms with Gasteiger partial charge in [0.25, 0.3) is 5.91 Å². The van der Waals surface area contributed by atoms with Crippen LogP contribution in [0.1, 0.15) is 15.9 Å². The first kappa shape index (κ1) is 18.0. The summed E-state index contributed by atoms with van der Waals surface area (Å²) in [6, 6.07) is 8.78. The van der Waals surface area contributed by atoms with Crippen molar-refractivity contribution in [3.05, 3.63) is 59.9 Å². The summed E-state index contributed by atoms with van der Waals surface area (Å²) in [6.45, 7) is 0. The van der Waals surface area contributed by atoms with Crippen LogP contribution < -0.4 is 10.1 Å². The van der Waals surface area contributed by atoms with Gasteiger partial charge in [0.2, 0.25) is 0 Å². The molecule has 0 aliphatic rings. The second-order valence-corrected chi connectivity index (χ2v) is 6.45. The van der Waals surface area contributed by atoms with E-state index in [0.29, 0.717) is 27.9 Å². The number of aromatic amines is 1. The van der Waals surface area contributed by atoms with Gasteiger partial charge >= 0.3 is 6.18 Å². The van der Waals surface area contributed by atoms with E-state index in [0.717, 1.165) is 23.0 Å². The lowest BCUT2D eigenvalue weighted by Gasteiger charge is -2.07. The maximum Gasteiger partial charge on any atom is 0.416 e. The number of halogens is 3. The lowest BCUT2D eigenvalue weighted by Crippen LogP contribution is -2.11. The van der Waals surface area contributed by atoms with Crippen molar-refractivity contribution >= 4 is 33.4 Å². The van der Waals surface area contributed by atoms with Crippen LogP contribution in [0.2, 0.25) is 0 Å². The summed E-state index contributed by atoms with van der Waals surface area (Å²) < 4.78 is 45.6. The van der Waals surface area contributed by atoms with Crippen LogP contribution in [0.15, 0.2) is 48.8 Å². The minimum Gasteiger partial charge on any atom is -0.497 e. The number of nitrogens with one attached hydrogen (secondary N) is 2. The smallest absolute Gasteiger partial charge is 0.416 e. The van der Waals surface area contributed by atoms with Crippen molar-refractivity contribution in [3.63, 3.8) is 0 Å². The molecule has 2 aromatic carbocycles. The standard InChI is InChI=1S/C20H16F3N3O2/c1-26-10-15(13-5-3-11(7-18(13)26)20(21,22)23)19(27)25-17-9-24-16-6-4-12(28-2)8-14(16)17/h3-10,24H,1-2H3,(H,25,27). The summed E-state index contributed by atoms with van der Waals surface area (Å²) in [5.74, 6) is 0.238. The number of H-pyrrole nitrogens is 1. The molecular weight excluding hydrogens is 371 g/mol.